The number of nitrogens with two attached hydrogens (primary N) is 1. The first-order valence-corrected chi connectivity index (χ1v) is 6.91. The van der Waals surface area contributed by atoms with Crippen molar-refractivity contribution in [2.45, 2.75) is 33.4 Å². The number of nitrogen functional groups attached to an aromatic ring is 1. The molecule has 1 aromatic carbocycles. The van der Waals surface area contributed by atoms with Gasteiger partial charge >= 0.3 is 5.97 Å². The Morgan fingerprint density at radius 1 is 1.33 bits per heavy atom. The zero-order chi connectivity index (χ0) is 15.2. The predicted molar refractivity (Wildman–Crippen MR) is 79.2 cm³/mol. The van der Waals surface area contributed by atoms with Gasteiger partial charge in [0.15, 0.2) is 12.4 Å². The van der Waals surface area contributed by atoms with E-state index in [0.717, 1.165) is 12.1 Å². The molecule has 1 aromatic heterocycles. The fourth-order valence-corrected chi connectivity index (χ4v) is 1.90. The van der Waals surface area contributed by atoms with Crippen LogP contribution in [0.25, 0.3) is 0 Å². The largest absolute Gasteiger partial charge is 0.457 e. The van der Waals surface area contributed by atoms with Crippen LogP contribution in [-0.2, 0) is 29.1 Å². The molecule has 0 saturated heterocycles. The number of anilines is 1. The van der Waals surface area contributed by atoms with E-state index in [2.05, 4.69) is 23.9 Å². The summed E-state index contributed by atoms with van der Waals surface area (Å²) >= 11 is 0. The highest BCUT2D eigenvalue weighted by Crippen LogP contribution is 2.08. The van der Waals surface area contributed by atoms with Crippen molar-refractivity contribution in [3.63, 3.8) is 0 Å². The second kappa shape index (κ2) is 6.88. The monoisotopic (exact) mass is 288 g/mol. The summed E-state index contributed by atoms with van der Waals surface area (Å²) in [6, 6.07) is 7.17. The molecule has 2 aromatic rings. The van der Waals surface area contributed by atoms with Crippen molar-refractivity contribution >= 4 is 11.7 Å². The van der Waals surface area contributed by atoms with Gasteiger partial charge in [0.25, 0.3) is 0 Å². The Morgan fingerprint density at radius 3 is 2.71 bits per heavy atom. The molecular formula is C15H20N4O2. The van der Waals surface area contributed by atoms with Crippen molar-refractivity contribution in [3.8, 4) is 0 Å². The zero-order valence-corrected chi connectivity index (χ0v) is 12.3. The maximum atomic E-state index is 11.8. The SMILES string of the molecule is CC(C)Cn1ncnc1COC(=O)Cc1ccc(N)cc1. The van der Waals surface area contributed by atoms with E-state index in [9.17, 15) is 4.79 Å². The van der Waals surface area contributed by atoms with Gasteiger partial charge in [-0.1, -0.05) is 26.0 Å². The third kappa shape index (κ3) is 4.59. The maximum absolute atomic E-state index is 11.8. The molecule has 0 radical (unpaired) electrons. The van der Waals surface area contributed by atoms with Crippen molar-refractivity contribution in [3.05, 3.63) is 42.0 Å². The lowest BCUT2D eigenvalue weighted by atomic mass is 10.1. The lowest BCUT2D eigenvalue weighted by molar-refractivity contribution is -0.144. The van der Waals surface area contributed by atoms with Crippen molar-refractivity contribution in [1.29, 1.82) is 0 Å². The van der Waals surface area contributed by atoms with E-state index >= 15 is 0 Å². The number of hydrogen-bond acceptors (Lipinski definition) is 5. The molecule has 0 aliphatic rings. The lowest BCUT2D eigenvalue weighted by Crippen LogP contribution is -2.14. The number of nitrogens with zero attached hydrogens (tertiary/aromatic N) is 3. The molecule has 0 spiro atoms. The van der Waals surface area contributed by atoms with Gasteiger partial charge in [0.05, 0.1) is 6.42 Å². The highest BCUT2D eigenvalue weighted by Gasteiger charge is 2.10. The first-order chi connectivity index (χ1) is 10.0. The van der Waals surface area contributed by atoms with Crippen LogP contribution in [0.2, 0.25) is 0 Å². The molecule has 0 fully saturated rings. The molecule has 0 atom stereocenters. The van der Waals surface area contributed by atoms with Crippen molar-refractivity contribution in [1.82, 2.24) is 14.8 Å². The van der Waals surface area contributed by atoms with Gasteiger partial charge in [-0.3, -0.25) is 4.79 Å². The molecule has 0 amide bonds. The van der Waals surface area contributed by atoms with E-state index in [1.54, 1.807) is 16.8 Å². The van der Waals surface area contributed by atoms with Crippen LogP contribution in [-0.4, -0.2) is 20.7 Å². The molecule has 2 N–H and O–H groups in total. The molecular weight excluding hydrogens is 268 g/mol. The van der Waals surface area contributed by atoms with Crippen LogP contribution in [0.3, 0.4) is 0 Å². The normalized spacial score (nSPS) is 10.8. The summed E-state index contributed by atoms with van der Waals surface area (Å²) in [6.45, 7) is 5.09. The molecule has 0 aliphatic carbocycles. The first kappa shape index (κ1) is 15.0. The van der Waals surface area contributed by atoms with Crippen LogP contribution in [0.5, 0.6) is 0 Å². The summed E-state index contributed by atoms with van der Waals surface area (Å²) in [5.74, 6) is 0.823. The summed E-state index contributed by atoms with van der Waals surface area (Å²) in [7, 11) is 0. The van der Waals surface area contributed by atoms with E-state index < -0.39 is 0 Å². The molecule has 0 bridgehead atoms. The summed E-state index contributed by atoms with van der Waals surface area (Å²) in [6.07, 6.45) is 1.70. The topological polar surface area (TPSA) is 83.0 Å². The molecule has 21 heavy (non-hydrogen) atoms. The quantitative estimate of drug-likeness (QED) is 0.647. The van der Waals surface area contributed by atoms with E-state index in [1.165, 1.54) is 6.33 Å². The van der Waals surface area contributed by atoms with Crippen LogP contribution >= 0.6 is 0 Å². The number of carbonyl (C=O) groups excluding carboxylic acids is 1. The van der Waals surface area contributed by atoms with E-state index in [4.69, 9.17) is 10.5 Å². The maximum Gasteiger partial charge on any atom is 0.310 e. The van der Waals surface area contributed by atoms with Gasteiger partial charge in [-0.15, -0.1) is 0 Å². The minimum Gasteiger partial charge on any atom is -0.457 e. The van der Waals surface area contributed by atoms with E-state index in [0.29, 0.717) is 17.4 Å². The van der Waals surface area contributed by atoms with E-state index in [-0.39, 0.29) is 19.0 Å². The molecule has 6 nitrogen and oxygen atoms in total. The molecule has 0 aliphatic heterocycles. The Bertz CT molecular complexity index is 590. The van der Waals surface area contributed by atoms with E-state index in [1.807, 2.05) is 12.1 Å². The third-order valence-electron chi connectivity index (χ3n) is 2.92. The molecule has 0 saturated carbocycles. The average Bonchev–Trinajstić information content (AvgIpc) is 2.85. The number of benzene rings is 1. The van der Waals surface area contributed by atoms with Gasteiger partial charge in [-0.25, -0.2) is 9.67 Å². The van der Waals surface area contributed by atoms with Gasteiger partial charge in [0.2, 0.25) is 0 Å². The highest BCUT2D eigenvalue weighted by molar-refractivity contribution is 5.72. The van der Waals surface area contributed by atoms with Gasteiger partial charge < -0.3 is 10.5 Å². The van der Waals surface area contributed by atoms with Gasteiger partial charge in [0, 0.05) is 12.2 Å². The summed E-state index contributed by atoms with van der Waals surface area (Å²) in [4.78, 5) is 15.9. The molecule has 2 rings (SSSR count). The summed E-state index contributed by atoms with van der Waals surface area (Å²) in [5, 5.41) is 4.13. The molecule has 0 unspecified atom stereocenters. The molecule has 6 heteroatoms. The number of rotatable bonds is 6. The van der Waals surface area contributed by atoms with Crippen LogP contribution in [0, 0.1) is 5.92 Å². The van der Waals surface area contributed by atoms with Crippen molar-refractivity contribution in [2.75, 3.05) is 5.73 Å². The Balaban J connectivity index is 1.86. The van der Waals surface area contributed by atoms with Crippen molar-refractivity contribution in [2.24, 2.45) is 5.92 Å². The van der Waals surface area contributed by atoms with Crippen LogP contribution in [0.4, 0.5) is 5.69 Å². The molecule has 112 valence electrons. The Morgan fingerprint density at radius 2 is 2.05 bits per heavy atom. The van der Waals surface area contributed by atoms with Crippen molar-refractivity contribution < 1.29 is 9.53 Å². The first-order valence-electron chi connectivity index (χ1n) is 6.91. The number of ether oxygens (including phenoxy) is 1. The minimum atomic E-state index is -0.293. The number of hydrogen-bond donors (Lipinski definition) is 1. The third-order valence-corrected chi connectivity index (χ3v) is 2.92. The lowest BCUT2D eigenvalue weighted by Gasteiger charge is -2.09. The Hall–Kier alpha value is -2.37. The number of esters is 1. The Kier molecular flexibility index (Phi) is 4.92. The van der Waals surface area contributed by atoms with Crippen LogP contribution < -0.4 is 5.73 Å². The molecule has 1 heterocycles. The van der Waals surface area contributed by atoms with Gasteiger partial charge in [-0.05, 0) is 23.6 Å². The Labute approximate surface area is 123 Å². The highest BCUT2D eigenvalue weighted by atomic mass is 16.5. The fraction of sp³-hybridized carbons (Fsp3) is 0.400. The smallest absolute Gasteiger partial charge is 0.310 e. The summed E-state index contributed by atoms with van der Waals surface area (Å²) in [5.41, 5.74) is 7.15. The number of aromatic nitrogens is 3. The second-order valence-corrected chi connectivity index (χ2v) is 5.33. The fourth-order valence-electron chi connectivity index (χ4n) is 1.90. The minimum absolute atomic E-state index is 0.139. The predicted octanol–water partition coefficient (Wildman–Crippen LogP) is 1.80. The van der Waals surface area contributed by atoms with Crippen LogP contribution in [0.15, 0.2) is 30.6 Å². The standard InChI is InChI=1S/C15H20N4O2/c1-11(2)8-19-14(17-10-18-19)9-21-15(20)7-12-3-5-13(16)6-4-12/h3-6,10-11H,7-9,16H2,1-2H3. The number of carbonyl (C=O) groups is 1. The summed E-state index contributed by atoms with van der Waals surface area (Å²) < 4.78 is 7.01. The van der Waals surface area contributed by atoms with Gasteiger partial charge in [0.1, 0.15) is 6.33 Å². The average molecular weight is 288 g/mol. The van der Waals surface area contributed by atoms with Crippen LogP contribution in [0.1, 0.15) is 25.2 Å². The second-order valence-electron chi connectivity index (χ2n) is 5.33. The zero-order valence-electron chi connectivity index (χ0n) is 12.3. The van der Waals surface area contributed by atoms with Gasteiger partial charge in [-0.2, -0.15) is 5.10 Å².